The first kappa shape index (κ1) is 16.6. The van der Waals surface area contributed by atoms with Gasteiger partial charge in [0.1, 0.15) is 6.10 Å². The SMILES string of the molecule is Cc1ccsc1CN1CC[C@@H]2C[C@H](C(=O)Nc3cnccn3)O[C@H]2C1. The standard InChI is InChI=1S/C18H22N4O2S/c1-12-3-7-25-16(12)11-22-6-2-13-8-14(24-15(13)10-22)18(23)21-17-9-19-4-5-20-17/h3-5,7,9,13-15H,2,6,8,10-11H2,1H3,(H,20,21,23)/t13-,14-,15+/m1/s1. The van der Waals surface area contributed by atoms with Crippen LogP contribution in [0.5, 0.6) is 0 Å². The summed E-state index contributed by atoms with van der Waals surface area (Å²) in [7, 11) is 0. The number of anilines is 1. The van der Waals surface area contributed by atoms with E-state index in [-0.39, 0.29) is 18.1 Å². The van der Waals surface area contributed by atoms with Gasteiger partial charge in [-0.2, -0.15) is 0 Å². The van der Waals surface area contributed by atoms with E-state index < -0.39 is 0 Å². The Kier molecular flexibility index (Phi) is 4.78. The Balaban J connectivity index is 1.33. The van der Waals surface area contributed by atoms with Gasteiger partial charge in [-0.05, 0) is 49.2 Å². The number of amides is 1. The minimum atomic E-state index is -0.388. The first-order chi connectivity index (χ1) is 12.2. The molecule has 2 saturated heterocycles. The number of hydrogen-bond acceptors (Lipinski definition) is 6. The molecule has 7 heteroatoms. The van der Waals surface area contributed by atoms with Crippen molar-refractivity contribution in [3.63, 3.8) is 0 Å². The van der Waals surface area contributed by atoms with E-state index >= 15 is 0 Å². The Morgan fingerprint density at radius 1 is 1.48 bits per heavy atom. The summed E-state index contributed by atoms with van der Waals surface area (Å²) in [6.45, 7) is 5.11. The predicted molar refractivity (Wildman–Crippen MR) is 96.4 cm³/mol. The van der Waals surface area contributed by atoms with Gasteiger partial charge in [0.25, 0.3) is 5.91 Å². The number of ether oxygens (including phenoxy) is 1. The fourth-order valence-corrected chi connectivity index (χ4v) is 4.59. The second-order valence-electron chi connectivity index (χ2n) is 6.79. The number of rotatable bonds is 4. The summed E-state index contributed by atoms with van der Waals surface area (Å²) >= 11 is 1.82. The fourth-order valence-electron chi connectivity index (χ4n) is 3.65. The molecular formula is C18H22N4O2S. The van der Waals surface area contributed by atoms with Gasteiger partial charge in [-0.25, -0.2) is 4.98 Å². The number of likely N-dealkylation sites (tertiary alicyclic amines) is 1. The molecule has 0 aliphatic carbocycles. The lowest BCUT2D eigenvalue weighted by Gasteiger charge is -2.33. The monoisotopic (exact) mass is 358 g/mol. The number of hydrogen-bond donors (Lipinski definition) is 1. The number of nitrogens with one attached hydrogen (secondary N) is 1. The third kappa shape index (κ3) is 3.73. The summed E-state index contributed by atoms with van der Waals surface area (Å²) < 4.78 is 6.08. The van der Waals surface area contributed by atoms with Crippen LogP contribution < -0.4 is 5.32 Å². The van der Waals surface area contributed by atoms with Gasteiger partial charge in [0.05, 0.1) is 12.3 Å². The van der Waals surface area contributed by atoms with Crippen LogP contribution in [0.2, 0.25) is 0 Å². The predicted octanol–water partition coefficient (Wildman–Crippen LogP) is 2.46. The van der Waals surface area contributed by atoms with Crippen molar-refractivity contribution in [1.29, 1.82) is 0 Å². The molecule has 0 saturated carbocycles. The molecule has 1 N–H and O–H groups in total. The molecule has 6 nitrogen and oxygen atoms in total. The van der Waals surface area contributed by atoms with Gasteiger partial charge in [-0.15, -0.1) is 11.3 Å². The van der Waals surface area contributed by atoms with E-state index in [1.807, 2.05) is 11.3 Å². The first-order valence-corrected chi connectivity index (χ1v) is 9.54. The zero-order valence-electron chi connectivity index (χ0n) is 14.2. The van der Waals surface area contributed by atoms with Crippen LogP contribution in [0.3, 0.4) is 0 Å². The number of aromatic nitrogens is 2. The third-order valence-corrected chi connectivity index (χ3v) is 6.09. The molecule has 25 heavy (non-hydrogen) atoms. The highest BCUT2D eigenvalue weighted by atomic mass is 32.1. The van der Waals surface area contributed by atoms with Crippen LogP contribution in [0.4, 0.5) is 5.82 Å². The van der Waals surface area contributed by atoms with Crippen molar-refractivity contribution in [3.8, 4) is 0 Å². The van der Waals surface area contributed by atoms with Crippen LogP contribution in [0.25, 0.3) is 0 Å². The number of thiophene rings is 1. The Morgan fingerprint density at radius 2 is 2.40 bits per heavy atom. The summed E-state index contributed by atoms with van der Waals surface area (Å²) in [5.74, 6) is 0.828. The Labute approximate surface area is 151 Å². The van der Waals surface area contributed by atoms with E-state index in [0.717, 1.165) is 32.5 Å². The third-order valence-electron chi connectivity index (χ3n) is 5.08. The van der Waals surface area contributed by atoms with Gasteiger partial charge in [-0.1, -0.05) is 0 Å². The van der Waals surface area contributed by atoms with E-state index in [9.17, 15) is 4.79 Å². The lowest BCUT2D eigenvalue weighted by Crippen LogP contribution is -2.41. The number of nitrogens with zero attached hydrogens (tertiary/aromatic N) is 3. The summed E-state index contributed by atoms with van der Waals surface area (Å²) in [5.41, 5.74) is 1.36. The van der Waals surface area contributed by atoms with Gasteiger partial charge in [0.2, 0.25) is 0 Å². The van der Waals surface area contributed by atoms with Crippen molar-refractivity contribution in [2.75, 3.05) is 18.4 Å². The molecule has 0 aromatic carbocycles. The van der Waals surface area contributed by atoms with Crippen LogP contribution in [0, 0.1) is 12.8 Å². The molecule has 2 aliphatic rings. The molecule has 0 bridgehead atoms. The van der Waals surface area contributed by atoms with E-state index in [2.05, 4.69) is 38.6 Å². The average Bonchev–Trinajstić information content (AvgIpc) is 3.22. The zero-order chi connectivity index (χ0) is 17.2. The molecule has 1 amide bonds. The van der Waals surface area contributed by atoms with Gasteiger partial charge in [0, 0.05) is 30.4 Å². The Morgan fingerprint density at radius 3 is 3.16 bits per heavy atom. The van der Waals surface area contributed by atoms with Crippen LogP contribution in [-0.4, -0.2) is 46.1 Å². The molecule has 2 fully saturated rings. The molecule has 0 unspecified atom stereocenters. The van der Waals surface area contributed by atoms with Crippen LogP contribution in [0.15, 0.2) is 30.0 Å². The van der Waals surface area contributed by atoms with Gasteiger partial charge >= 0.3 is 0 Å². The molecule has 2 aliphatic heterocycles. The molecule has 0 spiro atoms. The normalized spacial score (nSPS) is 26.4. The zero-order valence-corrected chi connectivity index (χ0v) is 15.0. The fraction of sp³-hybridized carbons (Fsp3) is 0.500. The summed E-state index contributed by atoms with van der Waals surface area (Å²) in [4.78, 5) is 24.3. The largest absolute Gasteiger partial charge is 0.364 e. The second-order valence-corrected chi connectivity index (χ2v) is 7.79. The van der Waals surface area contributed by atoms with Crippen LogP contribution >= 0.6 is 11.3 Å². The highest BCUT2D eigenvalue weighted by molar-refractivity contribution is 7.10. The molecule has 4 rings (SSSR count). The highest BCUT2D eigenvalue weighted by Gasteiger charge is 2.41. The molecule has 132 valence electrons. The maximum absolute atomic E-state index is 12.4. The summed E-state index contributed by atoms with van der Waals surface area (Å²) in [5, 5.41) is 4.95. The van der Waals surface area contributed by atoms with Crippen molar-refractivity contribution >= 4 is 23.1 Å². The smallest absolute Gasteiger partial charge is 0.254 e. The molecule has 0 radical (unpaired) electrons. The van der Waals surface area contributed by atoms with Crippen LogP contribution in [0.1, 0.15) is 23.3 Å². The number of piperidine rings is 1. The Hall–Kier alpha value is -1.83. The van der Waals surface area contributed by atoms with Crippen molar-refractivity contribution in [1.82, 2.24) is 14.9 Å². The van der Waals surface area contributed by atoms with Crippen molar-refractivity contribution in [2.24, 2.45) is 5.92 Å². The van der Waals surface area contributed by atoms with Gasteiger partial charge in [0.15, 0.2) is 5.82 Å². The maximum Gasteiger partial charge on any atom is 0.254 e. The number of carbonyl (C=O) groups excluding carboxylic acids is 1. The first-order valence-electron chi connectivity index (χ1n) is 8.66. The molecule has 2 aromatic rings. The minimum absolute atomic E-state index is 0.115. The number of aryl methyl sites for hydroxylation is 1. The average molecular weight is 358 g/mol. The van der Waals surface area contributed by atoms with Gasteiger partial charge in [-0.3, -0.25) is 14.7 Å². The lowest BCUT2D eigenvalue weighted by atomic mass is 9.91. The second kappa shape index (κ2) is 7.19. The van der Waals surface area contributed by atoms with Crippen molar-refractivity contribution < 1.29 is 9.53 Å². The topological polar surface area (TPSA) is 67.4 Å². The number of carbonyl (C=O) groups is 1. The van der Waals surface area contributed by atoms with Crippen molar-refractivity contribution in [3.05, 3.63) is 40.5 Å². The summed E-state index contributed by atoms with van der Waals surface area (Å²) in [6, 6.07) is 2.17. The highest BCUT2D eigenvalue weighted by Crippen LogP contribution is 2.34. The van der Waals surface area contributed by atoms with E-state index in [1.165, 1.54) is 10.4 Å². The molecule has 4 heterocycles. The van der Waals surface area contributed by atoms with Crippen LogP contribution in [-0.2, 0) is 16.1 Å². The van der Waals surface area contributed by atoms with Crippen molar-refractivity contribution in [2.45, 2.75) is 38.5 Å². The van der Waals surface area contributed by atoms with Gasteiger partial charge < -0.3 is 10.1 Å². The maximum atomic E-state index is 12.4. The Bertz CT molecular complexity index is 736. The van der Waals surface area contributed by atoms with E-state index in [1.54, 1.807) is 18.6 Å². The quantitative estimate of drug-likeness (QED) is 0.909. The summed E-state index contributed by atoms with van der Waals surface area (Å²) in [6.07, 6.45) is 6.33. The minimum Gasteiger partial charge on any atom is -0.364 e. The molecule has 3 atom stereocenters. The molecular weight excluding hydrogens is 336 g/mol. The molecule has 2 aromatic heterocycles. The number of fused-ring (bicyclic) bond motifs is 1. The van der Waals surface area contributed by atoms with E-state index in [4.69, 9.17) is 4.74 Å². The lowest BCUT2D eigenvalue weighted by molar-refractivity contribution is -0.127. The van der Waals surface area contributed by atoms with E-state index in [0.29, 0.717) is 11.7 Å².